The number of hydrogen-bond acceptors (Lipinski definition) is 6. The molecule has 8 nitrogen and oxygen atoms in total. The van der Waals surface area contributed by atoms with Gasteiger partial charge < -0.3 is 14.8 Å². The Bertz CT molecular complexity index is 1740. The van der Waals surface area contributed by atoms with Gasteiger partial charge in [-0.15, -0.1) is 0 Å². The van der Waals surface area contributed by atoms with Crippen molar-refractivity contribution in [1.29, 1.82) is 0 Å². The first-order valence-electron chi connectivity index (χ1n) is 11.3. The lowest BCUT2D eigenvalue weighted by Crippen LogP contribution is -2.14. The van der Waals surface area contributed by atoms with Crippen LogP contribution in [0.25, 0.3) is 33.2 Å². The number of fused-ring (bicyclic) bond motifs is 2. The third-order valence-electron chi connectivity index (χ3n) is 6.18. The number of benzene rings is 2. The Labute approximate surface area is 214 Å². The number of carboxylic acid groups (broad SMARTS) is 1. The molecule has 182 valence electrons. The van der Waals surface area contributed by atoms with E-state index in [1.54, 1.807) is 23.7 Å². The number of carboxylic acids is 1. The fraction of sp³-hybridized carbons (Fsp3) is 0.185. The van der Waals surface area contributed by atoms with Crippen LogP contribution in [-0.2, 0) is 7.05 Å². The van der Waals surface area contributed by atoms with Crippen LogP contribution in [0.1, 0.15) is 40.1 Å². The van der Waals surface area contributed by atoms with Crippen molar-refractivity contribution >= 4 is 49.5 Å². The van der Waals surface area contributed by atoms with Crippen LogP contribution in [0.4, 0.5) is 5.69 Å². The van der Waals surface area contributed by atoms with E-state index in [0.717, 1.165) is 27.6 Å². The molecule has 0 saturated carbocycles. The number of pyridine rings is 1. The van der Waals surface area contributed by atoms with Crippen LogP contribution in [0.3, 0.4) is 0 Å². The first kappa shape index (κ1) is 23.7. The van der Waals surface area contributed by atoms with E-state index >= 15 is 0 Å². The summed E-state index contributed by atoms with van der Waals surface area (Å²) in [6, 6.07) is 12.5. The standard InChI is InChI=1S/C27H23BrN4O4/c1-13-9-18(15(3)29-21-7-8-22(28)30-23(21)27(34)35)26-19(10-13)24(33)14(2)25(36-26)16-5-6-20-17(11-16)12-32(4)31-20/h5-12,15,29H,1-4H3,(H,34,35). The van der Waals surface area contributed by atoms with Crippen LogP contribution in [0.15, 0.2) is 62.5 Å². The maximum absolute atomic E-state index is 13.5. The monoisotopic (exact) mass is 546 g/mol. The highest BCUT2D eigenvalue weighted by Gasteiger charge is 2.21. The van der Waals surface area contributed by atoms with Crippen molar-refractivity contribution in [3.05, 3.63) is 85.9 Å². The molecule has 5 rings (SSSR count). The van der Waals surface area contributed by atoms with E-state index in [1.807, 2.05) is 57.4 Å². The third-order valence-corrected chi connectivity index (χ3v) is 6.62. The highest BCUT2D eigenvalue weighted by atomic mass is 79.9. The van der Waals surface area contributed by atoms with E-state index in [9.17, 15) is 14.7 Å². The predicted octanol–water partition coefficient (Wildman–Crippen LogP) is 5.99. The molecule has 2 aromatic carbocycles. The number of aryl methyl sites for hydroxylation is 2. The Morgan fingerprint density at radius 3 is 2.69 bits per heavy atom. The maximum Gasteiger partial charge on any atom is 0.356 e. The van der Waals surface area contributed by atoms with Crippen LogP contribution < -0.4 is 10.7 Å². The van der Waals surface area contributed by atoms with E-state index in [4.69, 9.17) is 4.42 Å². The number of anilines is 1. The maximum atomic E-state index is 13.5. The molecule has 2 N–H and O–H groups in total. The number of halogens is 1. The third kappa shape index (κ3) is 4.15. The molecule has 1 unspecified atom stereocenters. The molecule has 0 saturated heterocycles. The second-order valence-electron chi connectivity index (χ2n) is 8.89. The van der Waals surface area contributed by atoms with Crippen LogP contribution in [-0.4, -0.2) is 25.8 Å². The number of carbonyl (C=O) groups is 1. The van der Waals surface area contributed by atoms with Gasteiger partial charge in [-0.25, -0.2) is 9.78 Å². The van der Waals surface area contributed by atoms with Crippen molar-refractivity contribution in [1.82, 2.24) is 14.8 Å². The molecule has 1 atom stereocenters. The lowest BCUT2D eigenvalue weighted by molar-refractivity contribution is 0.0691. The van der Waals surface area contributed by atoms with Crippen LogP contribution in [0.2, 0.25) is 0 Å². The average Bonchev–Trinajstić information content (AvgIpc) is 3.21. The number of rotatable bonds is 5. The summed E-state index contributed by atoms with van der Waals surface area (Å²) < 4.78 is 8.62. The predicted molar refractivity (Wildman–Crippen MR) is 143 cm³/mol. The Morgan fingerprint density at radius 2 is 1.94 bits per heavy atom. The Hall–Kier alpha value is -3.98. The Morgan fingerprint density at radius 1 is 1.17 bits per heavy atom. The van der Waals surface area contributed by atoms with Gasteiger partial charge in [0.25, 0.3) is 0 Å². The summed E-state index contributed by atoms with van der Waals surface area (Å²) in [6.45, 7) is 5.58. The average molecular weight is 547 g/mol. The van der Waals surface area contributed by atoms with E-state index in [0.29, 0.717) is 32.6 Å². The van der Waals surface area contributed by atoms with Gasteiger partial charge >= 0.3 is 5.97 Å². The summed E-state index contributed by atoms with van der Waals surface area (Å²) in [6.07, 6.45) is 1.92. The van der Waals surface area contributed by atoms with Gasteiger partial charge in [0.1, 0.15) is 15.9 Å². The van der Waals surface area contributed by atoms with Crippen molar-refractivity contribution in [3.63, 3.8) is 0 Å². The summed E-state index contributed by atoms with van der Waals surface area (Å²) in [5, 5.41) is 18.7. The first-order chi connectivity index (χ1) is 17.1. The van der Waals surface area contributed by atoms with Gasteiger partial charge in [-0.1, -0.05) is 6.07 Å². The van der Waals surface area contributed by atoms with Crippen molar-refractivity contribution in [2.24, 2.45) is 7.05 Å². The molecule has 0 amide bonds. The molecule has 9 heteroatoms. The van der Waals surface area contributed by atoms with Gasteiger partial charge in [0.2, 0.25) is 0 Å². The molecule has 0 bridgehead atoms. The first-order valence-corrected chi connectivity index (χ1v) is 12.1. The van der Waals surface area contributed by atoms with Crippen LogP contribution >= 0.6 is 15.9 Å². The molecular formula is C27H23BrN4O4. The van der Waals surface area contributed by atoms with Gasteiger partial charge in [-0.05, 0) is 78.7 Å². The number of nitrogens with zero attached hydrogens (tertiary/aromatic N) is 3. The number of aromatic carboxylic acids is 1. The molecule has 0 aliphatic carbocycles. The van der Waals surface area contributed by atoms with Crippen molar-refractivity contribution < 1.29 is 14.3 Å². The normalized spacial score (nSPS) is 12.2. The number of aromatic nitrogens is 3. The lowest BCUT2D eigenvalue weighted by Gasteiger charge is -2.19. The number of nitrogens with one attached hydrogen (secondary N) is 1. The quantitative estimate of drug-likeness (QED) is 0.260. The van der Waals surface area contributed by atoms with Gasteiger partial charge in [-0.3, -0.25) is 9.48 Å². The van der Waals surface area contributed by atoms with E-state index in [2.05, 4.69) is 31.3 Å². The SMILES string of the molecule is Cc1cc(C(C)Nc2ccc(Br)nc2C(=O)O)c2oc(-c3ccc4nn(C)cc4c3)c(C)c(=O)c2c1. The summed E-state index contributed by atoms with van der Waals surface area (Å²) in [4.78, 5) is 29.3. The Balaban J connectivity index is 1.67. The molecule has 36 heavy (non-hydrogen) atoms. The van der Waals surface area contributed by atoms with E-state index in [-0.39, 0.29) is 17.2 Å². The second-order valence-corrected chi connectivity index (χ2v) is 9.71. The fourth-order valence-corrected chi connectivity index (χ4v) is 4.79. The minimum atomic E-state index is -1.14. The van der Waals surface area contributed by atoms with E-state index < -0.39 is 5.97 Å². The molecule has 0 spiro atoms. The van der Waals surface area contributed by atoms with Gasteiger partial charge in [0.05, 0.1) is 22.6 Å². The zero-order valence-electron chi connectivity index (χ0n) is 20.1. The van der Waals surface area contributed by atoms with Crippen molar-refractivity contribution in [2.75, 3.05) is 5.32 Å². The minimum absolute atomic E-state index is 0.101. The van der Waals surface area contributed by atoms with Gasteiger partial charge in [-0.2, -0.15) is 5.10 Å². The molecule has 0 radical (unpaired) electrons. The summed E-state index contributed by atoms with van der Waals surface area (Å²) >= 11 is 3.22. The van der Waals surface area contributed by atoms with E-state index in [1.165, 1.54) is 0 Å². The molecule has 0 aliphatic heterocycles. The minimum Gasteiger partial charge on any atom is -0.476 e. The van der Waals surface area contributed by atoms with Crippen molar-refractivity contribution in [3.8, 4) is 11.3 Å². The summed E-state index contributed by atoms with van der Waals surface area (Å²) in [7, 11) is 1.86. The van der Waals surface area contributed by atoms with Gasteiger partial charge in [0.15, 0.2) is 11.1 Å². The molecule has 3 heterocycles. The summed E-state index contributed by atoms with van der Waals surface area (Å²) in [5.41, 5.74) is 4.41. The lowest BCUT2D eigenvalue weighted by atomic mass is 9.98. The van der Waals surface area contributed by atoms with Crippen LogP contribution in [0, 0.1) is 13.8 Å². The number of hydrogen-bond donors (Lipinski definition) is 2. The highest BCUT2D eigenvalue weighted by molar-refractivity contribution is 9.10. The Kier molecular flexibility index (Phi) is 5.88. The largest absolute Gasteiger partial charge is 0.476 e. The fourth-order valence-electron chi connectivity index (χ4n) is 4.48. The van der Waals surface area contributed by atoms with Gasteiger partial charge in [0, 0.05) is 35.3 Å². The van der Waals surface area contributed by atoms with Crippen LogP contribution in [0.5, 0.6) is 0 Å². The van der Waals surface area contributed by atoms with Crippen molar-refractivity contribution in [2.45, 2.75) is 26.8 Å². The molecule has 5 aromatic rings. The second kappa shape index (κ2) is 8.91. The molecule has 3 aromatic heterocycles. The molecular weight excluding hydrogens is 524 g/mol. The molecule has 0 aliphatic rings. The smallest absolute Gasteiger partial charge is 0.356 e. The zero-order chi connectivity index (χ0) is 25.7. The summed E-state index contributed by atoms with van der Waals surface area (Å²) in [5.74, 6) is -0.651. The zero-order valence-corrected chi connectivity index (χ0v) is 21.7. The molecule has 0 fully saturated rings. The topological polar surface area (TPSA) is 110 Å². The highest BCUT2D eigenvalue weighted by Crippen LogP contribution is 2.33.